The SMILES string of the molecule is ICCC1CCCNC1. The highest BCUT2D eigenvalue weighted by molar-refractivity contribution is 14.1. The highest BCUT2D eigenvalue weighted by Gasteiger charge is 2.10. The minimum Gasteiger partial charge on any atom is -0.316 e. The van der Waals surface area contributed by atoms with Crippen LogP contribution in [-0.4, -0.2) is 17.5 Å². The first kappa shape index (κ1) is 7.79. The van der Waals surface area contributed by atoms with Crippen molar-refractivity contribution in [3.63, 3.8) is 0 Å². The highest BCUT2D eigenvalue weighted by atomic mass is 127. The summed E-state index contributed by atoms with van der Waals surface area (Å²) in [4.78, 5) is 0. The van der Waals surface area contributed by atoms with Crippen LogP contribution >= 0.6 is 22.6 Å². The Morgan fingerprint density at radius 3 is 3.00 bits per heavy atom. The Morgan fingerprint density at radius 2 is 2.44 bits per heavy atom. The summed E-state index contributed by atoms with van der Waals surface area (Å²) in [5.41, 5.74) is 0. The van der Waals surface area contributed by atoms with Crippen LogP contribution in [0.5, 0.6) is 0 Å². The van der Waals surface area contributed by atoms with Crippen molar-refractivity contribution in [2.75, 3.05) is 17.5 Å². The number of alkyl halides is 1. The lowest BCUT2D eigenvalue weighted by Crippen LogP contribution is -2.29. The first-order valence-corrected chi connectivity index (χ1v) is 5.22. The van der Waals surface area contributed by atoms with Crippen LogP contribution in [0.25, 0.3) is 0 Å². The van der Waals surface area contributed by atoms with Gasteiger partial charge in [-0.1, -0.05) is 22.6 Å². The van der Waals surface area contributed by atoms with Gasteiger partial charge in [-0.3, -0.25) is 0 Å². The zero-order valence-corrected chi connectivity index (χ0v) is 7.86. The number of piperidine rings is 1. The molecule has 1 saturated heterocycles. The van der Waals surface area contributed by atoms with E-state index in [1.54, 1.807) is 0 Å². The lowest BCUT2D eigenvalue weighted by atomic mass is 9.97. The Hall–Kier alpha value is 0.690. The van der Waals surface area contributed by atoms with Crippen LogP contribution in [0.4, 0.5) is 0 Å². The maximum absolute atomic E-state index is 3.42. The molecule has 1 rings (SSSR count). The molecule has 0 aromatic carbocycles. The van der Waals surface area contributed by atoms with E-state index in [0.29, 0.717) is 0 Å². The first-order chi connectivity index (χ1) is 4.43. The average Bonchev–Trinajstić information content (AvgIpc) is 1.91. The van der Waals surface area contributed by atoms with Crippen LogP contribution in [0, 0.1) is 5.92 Å². The number of nitrogens with one attached hydrogen (secondary N) is 1. The van der Waals surface area contributed by atoms with Crippen LogP contribution < -0.4 is 5.32 Å². The second-order valence-electron chi connectivity index (χ2n) is 2.69. The van der Waals surface area contributed by atoms with Gasteiger partial charge in [0.2, 0.25) is 0 Å². The van der Waals surface area contributed by atoms with Gasteiger partial charge in [0.15, 0.2) is 0 Å². The fourth-order valence-electron chi connectivity index (χ4n) is 1.32. The number of hydrogen-bond acceptors (Lipinski definition) is 1. The summed E-state index contributed by atoms with van der Waals surface area (Å²) in [5.74, 6) is 0.982. The lowest BCUT2D eigenvalue weighted by Gasteiger charge is -2.21. The summed E-state index contributed by atoms with van der Waals surface area (Å²) < 4.78 is 1.32. The van der Waals surface area contributed by atoms with Gasteiger partial charge in [-0.05, 0) is 42.7 Å². The minimum atomic E-state index is 0.982. The van der Waals surface area contributed by atoms with E-state index in [0.717, 1.165) is 5.92 Å². The van der Waals surface area contributed by atoms with Gasteiger partial charge in [0.1, 0.15) is 0 Å². The van der Waals surface area contributed by atoms with Gasteiger partial charge < -0.3 is 5.32 Å². The maximum Gasteiger partial charge on any atom is -0.000162 e. The fraction of sp³-hybridized carbons (Fsp3) is 1.00. The van der Waals surface area contributed by atoms with Gasteiger partial charge in [0.05, 0.1) is 0 Å². The third-order valence-corrected chi connectivity index (χ3v) is 2.54. The van der Waals surface area contributed by atoms with Crippen LogP contribution in [0.3, 0.4) is 0 Å². The van der Waals surface area contributed by atoms with Crippen molar-refractivity contribution in [3.05, 3.63) is 0 Å². The van der Waals surface area contributed by atoms with Crippen molar-refractivity contribution in [3.8, 4) is 0 Å². The van der Waals surface area contributed by atoms with E-state index in [1.807, 2.05) is 0 Å². The Kier molecular flexibility index (Phi) is 3.89. The normalized spacial score (nSPS) is 28.3. The van der Waals surface area contributed by atoms with Gasteiger partial charge in [0, 0.05) is 0 Å². The van der Waals surface area contributed by atoms with Crippen molar-refractivity contribution in [1.82, 2.24) is 5.32 Å². The van der Waals surface area contributed by atoms with Crippen LogP contribution in [0.2, 0.25) is 0 Å². The Bertz CT molecular complexity index is 66.6. The summed E-state index contributed by atoms with van der Waals surface area (Å²) in [5, 5.41) is 3.42. The molecule has 9 heavy (non-hydrogen) atoms. The zero-order valence-electron chi connectivity index (χ0n) is 5.70. The number of halogens is 1. The van der Waals surface area contributed by atoms with Crippen LogP contribution in [0.15, 0.2) is 0 Å². The second kappa shape index (κ2) is 4.50. The molecule has 1 nitrogen and oxygen atoms in total. The Balaban J connectivity index is 2.08. The molecule has 1 unspecified atom stereocenters. The van der Waals surface area contributed by atoms with E-state index in [1.165, 1.54) is 36.8 Å². The predicted octanol–water partition coefficient (Wildman–Crippen LogP) is 1.81. The van der Waals surface area contributed by atoms with Crippen molar-refractivity contribution < 1.29 is 0 Å². The molecule has 54 valence electrons. The summed E-state index contributed by atoms with van der Waals surface area (Å²) in [6, 6.07) is 0. The monoisotopic (exact) mass is 239 g/mol. The molecule has 1 heterocycles. The molecule has 1 N–H and O–H groups in total. The van der Waals surface area contributed by atoms with Crippen molar-refractivity contribution in [2.24, 2.45) is 5.92 Å². The van der Waals surface area contributed by atoms with Crippen LogP contribution in [0.1, 0.15) is 19.3 Å². The predicted molar refractivity (Wildman–Crippen MR) is 49.1 cm³/mol. The maximum atomic E-state index is 3.42. The molecule has 1 aliphatic heterocycles. The van der Waals surface area contributed by atoms with Crippen molar-refractivity contribution in [2.45, 2.75) is 19.3 Å². The lowest BCUT2D eigenvalue weighted by molar-refractivity contribution is 0.372. The first-order valence-electron chi connectivity index (χ1n) is 3.70. The zero-order chi connectivity index (χ0) is 6.53. The van der Waals surface area contributed by atoms with Gasteiger partial charge in [-0.2, -0.15) is 0 Å². The summed E-state index contributed by atoms with van der Waals surface area (Å²) in [7, 11) is 0. The summed E-state index contributed by atoms with van der Waals surface area (Å²) in [6.45, 7) is 2.51. The molecule has 0 aromatic heterocycles. The molecule has 0 spiro atoms. The molecule has 1 aliphatic rings. The quantitative estimate of drug-likeness (QED) is 0.572. The molecule has 0 bridgehead atoms. The third-order valence-electron chi connectivity index (χ3n) is 1.92. The van der Waals surface area contributed by atoms with Crippen molar-refractivity contribution >= 4 is 22.6 Å². The molecule has 0 aliphatic carbocycles. The largest absolute Gasteiger partial charge is 0.316 e. The van der Waals surface area contributed by atoms with E-state index in [-0.39, 0.29) is 0 Å². The Labute approximate surface area is 70.7 Å². The summed E-state index contributed by atoms with van der Waals surface area (Å²) >= 11 is 2.46. The molecule has 1 fully saturated rings. The van der Waals surface area contributed by atoms with E-state index in [9.17, 15) is 0 Å². The molecule has 0 saturated carbocycles. The smallest absolute Gasteiger partial charge is 0.000162 e. The molecule has 2 heteroatoms. The van der Waals surface area contributed by atoms with Gasteiger partial charge in [-0.25, -0.2) is 0 Å². The minimum absolute atomic E-state index is 0.982. The second-order valence-corrected chi connectivity index (χ2v) is 3.77. The van der Waals surface area contributed by atoms with Crippen LogP contribution in [-0.2, 0) is 0 Å². The summed E-state index contributed by atoms with van der Waals surface area (Å²) in [6.07, 6.45) is 4.25. The van der Waals surface area contributed by atoms with Gasteiger partial charge >= 0.3 is 0 Å². The Morgan fingerprint density at radius 1 is 1.56 bits per heavy atom. The molecule has 1 atom stereocenters. The van der Waals surface area contributed by atoms with E-state index < -0.39 is 0 Å². The van der Waals surface area contributed by atoms with E-state index >= 15 is 0 Å². The van der Waals surface area contributed by atoms with E-state index in [4.69, 9.17) is 0 Å². The molecular formula is C7H14IN. The molecule has 0 aromatic rings. The average molecular weight is 239 g/mol. The standard InChI is InChI=1S/C7H14IN/c8-4-3-7-2-1-5-9-6-7/h7,9H,1-6H2. The molecule has 0 radical (unpaired) electrons. The third kappa shape index (κ3) is 2.85. The topological polar surface area (TPSA) is 12.0 Å². The van der Waals surface area contributed by atoms with Gasteiger partial charge in [-0.15, -0.1) is 0 Å². The fourth-order valence-corrected chi connectivity index (χ4v) is 2.21. The highest BCUT2D eigenvalue weighted by Crippen LogP contribution is 2.14. The molecule has 0 amide bonds. The van der Waals surface area contributed by atoms with E-state index in [2.05, 4.69) is 27.9 Å². The number of rotatable bonds is 2. The van der Waals surface area contributed by atoms with Crippen molar-refractivity contribution in [1.29, 1.82) is 0 Å². The van der Waals surface area contributed by atoms with Gasteiger partial charge in [0.25, 0.3) is 0 Å². The molecular weight excluding hydrogens is 225 g/mol. The number of hydrogen-bond donors (Lipinski definition) is 1.